The van der Waals surface area contributed by atoms with E-state index in [-0.39, 0.29) is 16.3 Å². The van der Waals surface area contributed by atoms with E-state index >= 15 is 0 Å². The van der Waals surface area contributed by atoms with Gasteiger partial charge >= 0.3 is 11.7 Å². The average Bonchev–Trinajstić information content (AvgIpc) is 2.86. The third-order valence-electron chi connectivity index (χ3n) is 4.47. The maximum Gasteiger partial charge on any atom is 0.325 e. The van der Waals surface area contributed by atoms with Gasteiger partial charge in [-0.25, -0.2) is 9.18 Å². The topological polar surface area (TPSA) is 122 Å². The summed E-state index contributed by atoms with van der Waals surface area (Å²) in [5.41, 5.74) is -2.43. The van der Waals surface area contributed by atoms with Gasteiger partial charge in [-0.2, -0.15) is 4.39 Å². The number of imide groups is 1. The second-order valence-electron chi connectivity index (χ2n) is 6.54. The molecule has 4 amide bonds. The fraction of sp³-hybridized carbons (Fsp3) is 0.167. The SMILES string of the molecule is CC1(c2ccc(F)cc2Cl)NC(=O)N(CC(=O)Nc2ccc(F)c([N+](=O)[O-])c2)C1=O. The molecule has 1 saturated heterocycles. The van der Waals surface area contributed by atoms with Crippen molar-refractivity contribution in [2.75, 3.05) is 11.9 Å². The van der Waals surface area contributed by atoms with Crippen LogP contribution in [0.15, 0.2) is 36.4 Å². The summed E-state index contributed by atoms with van der Waals surface area (Å²) in [6, 6.07) is 5.12. The van der Waals surface area contributed by atoms with Crippen molar-refractivity contribution < 1.29 is 28.1 Å². The van der Waals surface area contributed by atoms with Crippen LogP contribution in [0, 0.1) is 21.7 Å². The normalized spacial score (nSPS) is 18.3. The van der Waals surface area contributed by atoms with Crippen molar-refractivity contribution >= 4 is 40.8 Å². The molecule has 1 aliphatic rings. The molecule has 0 radical (unpaired) electrons. The van der Waals surface area contributed by atoms with E-state index in [4.69, 9.17) is 11.6 Å². The maximum atomic E-state index is 13.4. The van der Waals surface area contributed by atoms with Crippen LogP contribution in [-0.2, 0) is 15.1 Å². The van der Waals surface area contributed by atoms with Crippen molar-refractivity contribution in [2.24, 2.45) is 0 Å². The molecule has 9 nitrogen and oxygen atoms in total. The van der Waals surface area contributed by atoms with Crippen molar-refractivity contribution in [1.29, 1.82) is 0 Å². The Morgan fingerprint density at radius 3 is 2.60 bits per heavy atom. The first-order chi connectivity index (χ1) is 14.0. The van der Waals surface area contributed by atoms with Crippen LogP contribution in [0.3, 0.4) is 0 Å². The van der Waals surface area contributed by atoms with Crippen LogP contribution in [0.2, 0.25) is 5.02 Å². The number of hydrogen-bond donors (Lipinski definition) is 2. The number of urea groups is 1. The van der Waals surface area contributed by atoms with Crippen molar-refractivity contribution in [3.63, 3.8) is 0 Å². The number of anilines is 1. The summed E-state index contributed by atoms with van der Waals surface area (Å²) in [4.78, 5) is 47.8. The number of carbonyl (C=O) groups is 3. The Labute approximate surface area is 172 Å². The van der Waals surface area contributed by atoms with E-state index in [0.29, 0.717) is 4.90 Å². The summed E-state index contributed by atoms with van der Waals surface area (Å²) < 4.78 is 26.7. The second kappa shape index (κ2) is 7.67. The van der Waals surface area contributed by atoms with E-state index in [1.807, 2.05) is 0 Å². The third-order valence-corrected chi connectivity index (χ3v) is 4.79. The number of hydrogen-bond acceptors (Lipinski definition) is 5. The number of nitrogens with zero attached hydrogens (tertiary/aromatic N) is 2. The minimum atomic E-state index is -1.63. The highest BCUT2D eigenvalue weighted by molar-refractivity contribution is 6.32. The maximum absolute atomic E-state index is 13.4. The smallest absolute Gasteiger partial charge is 0.324 e. The molecule has 1 atom stereocenters. The third kappa shape index (κ3) is 3.79. The van der Waals surface area contributed by atoms with Crippen LogP contribution in [0.25, 0.3) is 0 Å². The van der Waals surface area contributed by atoms with Gasteiger partial charge in [-0.15, -0.1) is 0 Å². The number of nitro benzene ring substituents is 1. The Hall–Kier alpha value is -3.60. The molecule has 1 heterocycles. The Morgan fingerprint density at radius 1 is 1.27 bits per heavy atom. The fourth-order valence-electron chi connectivity index (χ4n) is 2.99. The highest BCUT2D eigenvalue weighted by Crippen LogP contribution is 2.34. The van der Waals surface area contributed by atoms with Crippen molar-refractivity contribution in [1.82, 2.24) is 10.2 Å². The van der Waals surface area contributed by atoms with Crippen molar-refractivity contribution in [3.8, 4) is 0 Å². The molecule has 1 aliphatic heterocycles. The lowest BCUT2D eigenvalue weighted by atomic mass is 9.92. The Kier molecular flexibility index (Phi) is 5.40. The Balaban J connectivity index is 1.78. The van der Waals surface area contributed by atoms with E-state index in [2.05, 4.69) is 10.6 Å². The van der Waals surface area contributed by atoms with Crippen LogP contribution in [-0.4, -0.2) is 34.2 Å². The summed E-state index contributed by atoms with van der Waals surface area (Å²) in [5.74, 6) is -3.37. The van der Waals surface area contributed by atoms with Gasteiger partial charge in [0.25, 0.3) is 5.91 Å². The molecule has 156 valence electrons. The molecule has 0 aliphatic carbocycles. The predicted molar refractivity (Wildman–Crippen MR) is 101 cm³/mol. The second-order valence-corrected chi connectivity index (χ2v) is 6.95. The van der Waals surface area contributed by atoms with E-state index in [1.54, 1.807) is 0 Å². The molecule has 12 heteroatoms. The first-order valence-electron chi connectivity index (χ1n) is 8.36. The molecule has 1 fully saturated rings. The quantitative estimate of drug-likeness (QED) is 0.422. The molecule has 0 saturated carbocycles. The minimum absolute atomic E-state index is 0.0870. The van der Waals surface area contributed by atoms with Crippen molar-refractivity contribution in [3.05, 3.63) is 68.7 Å². The molecule has 2 N–H and O–H groups in total. The molecule has 0 spiro atoms. The van der Waals surface area contributed by atoms with E-state index < -0.39 is 52.2 Å². The lowest BCUT2D eigenvalue weighted by Crippen LogP contribution is -2.42. The van der Waals surface area contributed by atoms with Crippen LogP contribution in [0.1, 0.15) is 12.5 Å². The number of amides is 4. The van der Waals surface area contributed by atoms with Gasteiger partial charge in [0.15, 0.2) is 0 Å². The summed E-state index contributed by atoms with van der Waals surface area (Å²) >= 11 is 6.00. The monoisotopic (exact) mass is 438 g/mol. The fourth-order valence-corrected chi connectivity index (χ4v) is 3.35. The molecule has 3 rings (SSSR count). The summed E-state index contributed by atoms with van der Waals surface area (Å²) in [5, 5.41) is 15.4. The Morgan fingerprint density at radius 2 is 1.97 bits per heavy atom. The van der Waals surface area contributed by atoms with Gasteiger partial charge in [0.05, 0.1) is 4.92 Å². The van der Waals surface area contributed by atoms with Gasteiger partial charge in [-0.1, -0.05) is 17.7 Å². The van der Waals surface area contributed by atoms with Crippen LogP contribution in [0.5, 0.6) is 0 Å². The number of benzene rings is 2. The highest BCUT2D eigenvalue weighted by atomic mass is 35.5. The standard InChI is InChI=1S/C18H13ClF2N4O5/c1-18(11-4-2-9(20)6-12(11)19)16(27)24(17(28)23-18)8-15(26)22-10-3-5-13(21)14(7-10)25(29)30/h2-7H,8H2,1H3,(H,22,26)(H,23,28). The van der Waals surface area contributed by atoms with Gasteiger partial charge in [-0.3, -0.25) is 24.6 Å². The van der Waals surface area contributed by atoms with Gasteiger partial charge in [0, 0.05) is 22.3 Å². The highest BCUT2D eigenvalue weighted by Gasteiger charge is 2.50. The first-order valence-corrected chi connectivity index (χ1v) is 8.74. The number of rotatable bonds is 5. The first kappa shape index (κ1) is 21.1. The number of carbonyl (C=O) groups excluding carboxylic acids is 3. The number of nitrogens with one attached hydrogen (secondary N) is 2. The average molecular weight is 439 g/mol. The molecule has 0 aromatic heterocycles. The molecule has 0 bridgehead atoms. The largest absolute Gasteiger partial charge is 0.325 e. The lowest BCUT2D eigenvalue weighted by molar-refractivity contribution is -0.387. The zero-order chi connectivity index (χ0) is 22.2. The lowest BCUT2D eigenvalue weighted by Gasteiger charge is -2.23. The van der Waals surface area contributed by atoms with Gasteiger partial charge in [-0.05, 0) is 31.2 Å². The van der Waals surface area contributed by atoms with Crippen LogP contribution >= 0.6 is 11.6 Å². The Bertz CT molecular complexity index is 1100. The summed E-state index contributed by atoms with van der Waals surface area (Å²) in [6.07, 6.45) is 0. The van der Waals surface area contributed by atoms with Crippen molar-refractivity contribution in [2.45, 2.75) is 12.5 Å². The van der Waals surface area contributed by atoms with Crippen LogP contribution < -0.4 is 10.6 Å². The van der Waals surface area contributed by atoms with Crippen LogP contribution in [0.4, 0.5) is 25.0 Å². The molecular formula is C18H13ClF2N4O5. The molecular weight excluding hydrogens is 426 g/mol. The van der Waals surface area contributed by atoms with Gasteiger partial charge < -0.3 is 10.6 Å². The molecule has 1 unspecified atom stereocenters. The van der Waals surface area contributed by atoms with E-state index in [0.717, 1.165) is 30.3 Å². The number of halogens is 3. The molecule has 2 aromatic carbocycles. The zero-order valence-electron chi connectivity index (χ0n) is 15.2. The summed E-state index contributed by atoms with van der Waals surface area (Å²) in [7, 11) is 0. The molecule has 30 heavy (non-hydrogen) atoms. The van der Waals surface area contributed by atoms with E-state index in [1.165, 1.54) is 13.0 Å². The minimum Gasteiger partial charge on any atom is -0.324 e. The van der Waals surface area contributed by atoms with E-state index in [9.17, 15) is 33.3 Å². The van der Waals surface area contributed by atoms with Gasteiger partial charge in [0.1, 0.15) is 17.9 Å². The zero-order valence-corrected chi connectivity index (χ0v) is 16.0. The van der Waals surface area contributed by atoms with Gasteiger partial charge in [0.2, 0.25) is 11.7 Å². The summed E-state index contributed by atoms with van der Waals surface area (Å²) in [6.45, 7) is 0.637. The predicted octanol–water partition coefficient (Wildman–Crippen LogP) is 2.93. The number of nitro groups is 1. The molecule has 2 aromatic rings.